The predicted octanol–water partition coefficient (Wildman–Crippen LogP) is 0.200. The van der Waals surface area contributed by atoms with Gasteiger partial charge >= 0.3 is 0 Å². The van der Waals surface area contributed by atoms with E-state index in [0.29, 0.717) is 18.4 Å². The largest absolute Gasteiger partial charge is 0.370 e. The van der Waals surface area contributed by atoms with E-state index in [9.17, 15) is 8.42 Å². The first-order valence-corrected chi connectivity index (χ1v) is 7.46. The summed E-state index contributed by atoms with van der Waals surface area (Å²) in [7, 11) is -0.124. The number of nitrogens with one attached hydrogen (secondary N) is 1. The van der Waals surface area contributed by atoms with Gasteiger partial charge in [-0.3, -0.25) is 4.99 Å². The zero-order valence-electron chi connectivity index (χ0n) is 10.9. The number of nitrogens with two attached hydrogens (primary N) is 1. The topological polar surface area (TPSA) is 87.8 Å². The summed E-state index contributed by atoms with van der Waals surface area (Å²) in [4.78, 5) is 4.19. The van der Waals surface area contributed by atoms with Crippen LogP contribution in [-0.2, 0) is 10.0 Å². The third kappa shape index (κ3) is 6.19. The molecule has 0 aliphatic heterocycles. The van der Waals surface area contributed by atoms with Gasteiger partial charge in [0.25, 0.3) is 0 Å². The number of hydrogen-bond acceptors (Lipinski definition) is 3. The van der Waals surface area contributed by atoms with Crippen molar-refractivity contribution in [2.75, 3.05) is 32.9 Å². The van der Waals surface area contributed by atoms with E-state index in [1.165, 1.54) is 37.7 Å². The zero-order valence-corrected chi connectivity index (χ0v) is 14.1. The molecule has 0 amide bonds. The average Bonchev–Trinajstić information content (AvgIpc) is 2.14. The van der Waals surface area contributed by atoms with Crippen LogP contribution >= 0.6 is 24.0 Å². The van der Waals surface area contributed by atoms with Gasteiger partial charge in [-0.15, -0.1) is 24.0 Å². The van der Waals surface area contributed by atoms with Crippen molar-refractivity contribution in [1.29, 1.82) is 0 Å². The summed E-state index contributed by atoms with van der Waals surface area (Å²) in [6, 6.07) is 0. The fraction of sp³-hybridized carbons (Fsp3) is 0.900. The number of hydrogen-bond donors (Lipinski definition) is 2. The smallest absolute Gasteiger partial charge is 0.215 e. The molecule has 0 atom stereocenters. The lowest BCUT2D eigenvalue weighted by Crippen LogP contribution is -2.38. The molecule has 0 bridgehead atoms. The molecule has 1 rings (SSSR count). The highest BCUT2D eigenvalue weighted by Crippen LogP contribution is 2.26. The van der Waals surface area contributed by atoms with Crippen molar-refractivity contribution in [3.8, 4) is 0 Å². The average molecular weight is 390 g/mol. The van der Waals surface area contributed by atoms with Crippen molar-refractivity contribution in [3.63, 3.8) is 0 Å². The lowest BCUT2D eigenvalue weighted by molar-refractivity contribution is 0.326. The Morgan fingerprint density at radius 2 is 2.06 bits per heavy atom. The first kappa shape index (κ1) is 17.9. The third-order valence-electron chi connectivity index (χ3n) is 2.97. The summed E-state index contributed by atoms with van der Waals surface area (Å²) in [6.07, 6.45) is 3.74. The van der Waals surface area contributed by atoms with Crippen LogP contribution in [0.5, 0.6) is 0 Å². The van der Waals surface area contributed by atoms with Crippen LogP contribution in [0.15, 0.2) is 4.99 Å². The second-order valence-corrected chi connectivity index (χ2v) is 6.85. The maximum atomic E-state index is 11.4. The highest BCUT2D eigenvalue weighted by molar-refractivity contribution is 14.0. The number of aliphatic imine (C=N–C) groups is 1. The fourth-order valence-corrected chi connectivity index (χ4v) is 2.17. The van der Waals surface area contributed by atoms with E-state index >= 15 is 0 Å². The van der Waals surface area contributed by atoms with E-state index in [1.807, 2.05) is 0 Å². The van der Waals surface area contributed by atoms with Crippen molar-refractivity contribution in [1.82, 2.24) is 9.62 Å². The van der Waals surface area contributed by atoms with E-state index in [-0.39, 0.29) is 29.7 Å². The predicted molar refractivity (Wildman–Crippen MR) is 84.7 cm³/mol. The number of rotatable bonds is 6. The molecule has 6 nitrogen and oxygen atoms in total. The molecule has 0 radical (unpaired) electrons. The standard InChI is InChI=1S/C10H22N4O2S.HI/c1-14(2)17(15,16)7-6-12-10(11)13-8-9-4-3-5-9;/h9H,3-8H2,1-2H3,(H3,11,12,13);1H. The number of halogens is 1. The van der Waals surface area contributed by atoms with E-state index in [1.54, 1.807) is 0 Å². The van der Waals surface area contributed by atoms with Gasteiger partial charge in [-0.25, -0.2) is 12.7 Å². The van der Waals surface area contributed by atoms with Crippen LogP contribution in [0.3, 0.4) is 0 Å². The minimum absolute atomic E-state index is 0. The second-order valence-electron chi connectivity index (χ2n) is 4.55. The Balaban J connectivity index is 0.00000289. The normalized spacial score (nSPS) is 17.2. The molecule has 8 heteroatoms. The second kappa shape index (κ2) is 8.16. The lowest BCUT2D eigenvalue weighted by atomic mass is 9.86. The minimum atomic E-state index is -3.16. The van der Waals surface area contributed by atoms with Crippen LogP contribution in [0.4, 0.5) is 0 Å². The van der Waals surface area contributed by atoms with Gasteiger partial charge in [-0.2, -0.15) is 0 Å². The van der Waals surface area contributed by atoms with Gasteiger partial charge in [0.1, 0.15) is 0 Å². The van der Waals surface area contributed by atoms with E-state index in [0.717, 1.165) is 6.54 Å². The quantitative estimate of drug-likeness (QED) is 0.385. The van der Waals surface area contributed by atoms with Crippen LogP contribution in [0.1, 0.15) is 19.3 Å². The monoisotopic (exact) mass is 390 g/mol. The van der Waals surface area contributed by atoms with Crippen molar-refractivity contribution < 1.29 is 8.42 Å². The molecule has 108 valence electrons. The molecular formula is C10H23IN4O2S. The number of nitrogens with zero attached hydrogens (tertiary/aromatic N) is 2. The molecule has 1 aliphatic carbocycles. The summed E-state index contributed by atoms with van der Waals surface area (Å²) >= 11 is 0. The maximum Gasteiger partial charge on any atom is 0.215 e. The molecule has 18 heavy (non-hydrogen) atoms. The zero-order chi connectivity index (χ0) is 12.9. The Labute approximate surface area is 126 Å². The van der Waals surface area contributed by atoms with Crippen LogP contribution in [0, 0.1) is 5.92 Å². The summed E-state index contributed by atoms with van der Waals surface area (Å²) in [6.45, 7) is 1.04. The fourth-order valence-electron chi connectivity index (χ4n) is 1.45. The van der Waals surface area contributed by atoms with Crippen LogP contribution in [-0.4, -0.2) is 51.6 Å². The molecule has 0 aromatic heterocycles. The summed E-state index contributed by atoms with van der Waals surface area (Å²) < 4.78 is 24.1. The molecule has 0 unspecified atom stereocenters. The summed E-state index contributed by atoms with van der Waals surface area (Å²) in [5.41, 5.74) is 5.64. The lowest BCUT2D eigenvalue weighted by Gasteiger charge is -2.23. The molecular weight excluding hydrogens is 367 g/mol. The highest BCUT2D eigenvalue weighted by atomic mass is 127. The molecule has 1 saturated carbocycles. The van der Waals surface area contributed by atoms with E-state index < -0.39 is 10.0 Å². The van der Waals surface area contributed by atoms with Crippen molar-refractivity contribution in [3.05, 3.63) is 0 Å². The van der Waals surface area contributed by atoms with Crippen LogP contribution in [0.25, 0.3) is 0 Å². The minimum Gasteiger partial charge on any atom is -0.370 e. The van der Waals surface area contributed by atoms with Gasteiger partial charge in [0.05, 0.1) is 5.75 Å². The Morgan fingerprint density at radius 3 is 2.50 bits per heavy atom. The summed E-state index contributed by atoms with van der Waals surface area (Å²) in [5, 5.41) is 2.82. The van der Waals surface area contributed by atoms with Gasteiger partial charge in [0.15, 0.2) is 5.96 Å². The first-order valence-electron chi connectivity index (χ1n) is 5.86. The molecule has 0 aromatic carbocycles. The Bertz CT molecular complexity index is 366. The molecule has 0 aromatic rings. The van der Waals surface area contributed by atoms with E-state index in [4.69, 9.17) is 5.73 Å². The summed E-state index contributed by atoms with van der Waals surface area (Å²) in [5.74, 6) is 1.03. The highest BCUT2D eigenvalue weighted by Gasteiger charge is 2.16. The SMILES string of the molecule is CN(C)S(=O)(=O)CCNC(N)=NCC1CCC1.I. The van der Waals surface area contributed by atoms with Gasteiger partial charge in [0.2, 0.25) is 10.0 Å². The maximum absolute atomic E-state index is 11.4. The van der Waals surface area contributed by atoms with Gasteiger partial charge in [-0.05, 0) is 18.8 Å². The molecule has 0 saturated heterocycles. The molecule has 0 spiro atoms. The number of sulfonamides is 1. The molecule has 1 fully saturated rings. The third-order valence-corrected chi connectivity index (χ3v) is 4.80. The Hall–Kier alpha value is -0.0900. The Morgan fingerprint density at radius 1 is 1.44 bits per heavy atom. The van der Waals surface area contributed by atoms with Gasteiger partial charge in [0, 0.05) is 27.2 Å². The Kier molecular flexibility index (Phi) is 8.11. The van der Waals surface area contributed by atoms with Crippen LogP contribution < -0.4 is 11.1 Å². The molecule has 3 N–H and O–H groups in total. The number of guanidine groups is 1. The van der Waals surface area contributed by atoms with Gasteiger partial charge < -0.3 is 11.1 Å². The molecule has 1 aliphatic rings. The van der Waals surface area contributed by atoms with Crippen molar-refractivity contribution >= 4 is 40.0 Å². The van der Waals surface area contributed by atoms with Gasteiger partial charge in [-0.1, -0.05) is 6.42 Å². The molecule has 0 heterocycles. The van der Waals surface area contributed by atoms with Crippen LogP contribution in [0.2, 0.25) is 0 Å². The van der Waals surface area contributed by atoms with E-state index in [2.05, 4.69) is 10.3 Å². The van der Waals surface area contributed by atoms with Crippen molar-refractivity contribution in [2.24, 2.45) is 16.6 Å². The van der Waals surface area contributed by atoms with Crippen molar-refractivity contribution in [2.45, 2.75) is 19.3 Å². The first-order chi connectivity index (χ1) is 7.92.